The monoisotopic (exact) mass is 105 g/mol. The molecule has 0 aliphatic heterocycles. The van der Waals surface area contributed by atoms with Gasteiger partial charge in [-0.1, -0.05) is 0 Å². The van der Waals surface area contributed by atoms with Gasteiger partial charge in [-0.25, -0.2) is 0 Å². The van der Waals surface area contributed by atoms with E-state index in [2.05, 4.69) is 0 Å². The highest BCUT2D eigenvalue weighted by Crippen LogP contribution is 1.83. The lowest BCUT2D eigenvalue weighted by Crippen LogP contribution is -2.22. The largest absolute Gasteiger partial charge is 0.303 e. The first-order valence-corrected chi connectivity index (χ1v) is 8.11. The van der Waals surface area contributed by atoms with Gasteiger partial charge in [0, 0.05) is 9.76 Å². The van der Waals surface area contributed by atoms with Crippen LogP contribution in [0.4, 0.5) is 0 Å². The molecule has 0 saturated heterocycles. The Morgan fingerprint density at radius 3 is 1.60 bits per heavy atom. The van der Waals surface area contributed by atoms with Crippen molar-refractivity contribution in [3.8, 4) is 0 Å². The zero-order valence-electron chi connectivity index (χ0n) is 3.91. The third-order valence-electron chi connectivity index (χ3n) is 0. The molecule has 0 bridgehead atoms. The minimum atomic E-state index is -1.72. The van der Waals surface area contributed by atoms with Gasteiger partial charge in [-0.05, 0) is 13.1 Å². The summed E-state index contributed by atoms with van der Waals surface area (Å²) >= 11 is 0. The van der Waals surface area contributed by atoms with E-state index in [9.17, 15) is 4.80 Å². The van der Waals surface area contributed by atoms with Crippen LogP contribution in [-0.4, -0.2) is 17.6 Å². The predicted octanol–water partition coefficient (Wildman–Crippen LogP) is -0.516. The van der Waals surface area contributed by atoms with E-state index in [0.29, 0.717) is 0 Å². The summed E-state index contributed by atoms with van der Waals surface area (Å²) in [5.41, 5.74) is 0. The fourth-order valence-corrected chi connectivity index (χ4v) is 0. The number of hydrogen-bond donors (Lipinski definition) is 0. The van der Waals surface area contributed by atoms with Crippen molar-refractivity contribution < 1.29 is 4.80 Å². The van der Waals surface area contributed by atoms with Gasteiger partial charge in [-0.3, -0.25) is 0 Å². The van der Waals surface area contributed by atoms with E-state index in [1.165, 1.54) is 0 Å². The Morgan fingerprint density at radius 1 is 1.60 bits per heavy atom. The highest BCUT2D eigenvalue weighted by Gasteiger charge is 2.07. The average Bonchev–Trinajstić information content (AvgIpc) is 0.722. The third kappa shape index (κ3) is 162. The topological polar surface area (TPSA) is 19.9 Å². The van der Waals surface area contributed by atoms with Crippen LogP contribution in [0.2, 0.25) is 13.1 Å². The summed E-state index contributed by atoms with van der Waals surface area (Å²) in [6.07, 6.45) is 0. The molecular weight excluding hydrogens is 96.2 g/mol. The molecule has 0 atom stereocenters. The van der Waals surface area contributed by atoms with Crippen LogP contribution in [0.5, 0.6) is 0 Å². The Bertz CT molecular complexity index is 23.1. The molecule has 1 radical (unpaired) electrons. The van der Waals surface area contributed by atoms with E-state index >= 15 is 0 Å². The molecule has 0 saturated carbocycles. The second-order valence-corrected chi connectivity index (χ2v) is 13.6. The molecule has 3 heteroatoms. The molecule has 0 fully saturated rings. The van der Waals surface area contributed by atoms with Crippen LogP contribution in [0.15, 0.2) is 0 Å². The summed E-state index contributed by atoms with van der Waals surface area (Å²) in [6, 6.07) is 0. The molecule has 0 spiro atoms. The maximum Gasteiger partial charge on any atom is 0.207 e. The van der Waals surface area contributed by atoms with Crippen molar-refractivity contribution in [3.05, 3.63) is 0 Å². The van der Waals surface area contributed by atoms with Crippen LogP contribution in [0.3, 0.4) is 0 Å². The first-order chi connectivity index (χ1) is 2.00. The van der Waals surface area contributed by atoms with Crippen molar-refractivity contribution in [1.29, 1.82) is 0 Å². The lowest BCUT2D eigenvalue weighted by atomic mass is 11.9. The van der Waals surface area contributed by atoms with E-state index in [4.69, 9.17) is 0 Å². The predicted molar refractivity (Wildman–Crippen MR) is 28.1 cm³/mol. The van der Waals surface area contributed by atoms with Crippen molar-refractivity contribution in [2.24, 2.45) is 0 Å². The van der Waals surface area contributed by atoms with Crippen LogP contribution in [-0.2, 0) is 4.80 Å². The van der Waals surface area contributed by atoms with Crippen molar-refractivity contribution >= 4 is 17.6 Å². The van der Waals surface area contributed by atoms with Crippen LogP contribution in [0.25, 0.3) is 0 Å². The average molecular weight is 105 g/mol. The molecule has 31 valence electrons. The molecule has 0 aromatic heterocycles. The first-order valence-electron chi connectivity index (χ1n) is 1.70. The molecular formula is C2H9OSi2. The van der Waals surface area contributed by atoms with E-state index in [0.717, 1.165) is 9.76 Å². The summed E-state index contributed by atoms with van der Waals surface area (Å²) < 4.78 is 0. The van der Waals surface area contributed by atoms with Crippen molar-refractivity contribution in [2.45, 2.75) is 13.1 Å². The van der Waals surface area contributed by atoms with E-state index in [1.54, 1.807) is 0 Å². The van der Waals surface area contributed by atoms with Crippen LogP contribution >= 0.6 is 0 Å². The van der Waals surface area contributed by atoms with Crippen LogP contribution < -0.4 is 0 Å². The lowest BCUT2D eigenvalue weighted by Gasteiger charge is -1.95. The minimum absolute atomic E-state index is 0.891. The Morgan fingerprint density at radius 2 is 1.60 bits per heavy atom. The van der Waals surface area contributed by atoms with Crippen molar-refractivity contribution in [2.75, 3.05) is 0 Å². The van der Waals surface area contributed by atoms with Gasteiger partial charge in [-0.15, -0.1) is 0 Å². The Kier molecular flexibility index (Phi) is 1.34. The van der Waals surface area contributed by atoms with Gasteiger partial charge in [0.2, 0.25) is 7.83 Å². The molecule has 1 nitrogen and oxygen atoms in total. The molecule has 0 aliphatic carbocycles. The van der Waals surface area contributed by atoms with Gasteiger partial charge in [-0.2, -0.15) is 0 Å². The van der Waals surface area contributed by atoms with Crippen molar-refractivity contribution in [3.63, 3.8) is 0 Å². The maximum atomic E-state index is 10.3. The first kappa shape index (κ1) is 5.39. The van der Waals surface area contributed by atoms with Gasteiger partial charge < -0.3 is 4.80 Å². The van der Waals surface area contributed by atoms with Gasteiger partial charge >= 0.3 is 0 Å². The normalized spacial score (nSPS) is 12.6. The molecule has 0 amide bonds. The lowest BCUT2D eigenvalue weighted by molar-refractivity contribution is 0.450. The molecule has 0 aromatic carbocycles. The van der Waals surface area contributed by atoms with Gasteiger partial charge in [0.1, 0.15) is 0 Å². The number of hydrogen-bond acceptors (Lipinski definition) is 0. The molecule has 5 heavy (non-hydrogen) atoms. The highest BCUT2D eigenvalue weighted by molar-refractivity contribution is 7.10. The summed E-state index contributed by atoms with van der Waals surface area (Å²) in [5.74, 6) is 0. The molecule has 0 unspecified atom stereocenters. The van der Waals surface area contributed by atoms with Crippen molar-refractivity contribution in [1.82, 2.24) is 0 Å². The fourth-order valence-electron chi connectivity index (χ4n) is 0. The van der Waals surface area contributed by atoms with Crippen LogP contribution in [0, 0.1) is 0 Å². The van der Waals surface area contributed by atoms with Gasteiger partial charge in [0.15, 0.2) is 0 Å². The van der Waals surface area contributed by atoms with E-state index in [1.807, 2.05) is 13.1 Å². The molecule has 0 aliphatic rings. The third-order valence-corrected chi connectivity index (χ3v) is 0. The van der Waals surface area contributed by atoms with Gasteiger partial charge in [0.25, 0.3) is 0 Å². The maximum absolute atomic E-state index is 10.3. The van der Waals surface area contributed by atoms with E-state index < -0.39 is 7.83 Å². The van der Waals surface area contributed by atoms with Gasteiger partial charge in [0.05, 0.1) is 0 Å². The molecule has 0 N–H and O–H groups in total. The van der Waals surface area contributed by atoms with E-state index in [-0.39, 0.29) is 0 Å². The Hall–Kier alpha value is 0.394. The SMILES string of the molecule is C[Si](C)([O])[SiH3]. The highest BCUT2D eigenvalue weighted by atomic mass is 29.2. The molecule has 0 aromatic rings. The second-order valence-electron chi connectivity index (χ2n) is 2.11. The Labute approximate surface area is 36.4 Å². The minimum Gasteiger partial charge on any atom is -0.303 e. The summed E-state index contributed by atoms with van der Waals surface area (Å²) in [6.45, 7) is 3.67. The molecule has 0 heterocycles. The van der Waals surface area contributed by atoms with Crippen LogP contribution in [0.1, 0.15) is 0 Å². The quantitative estimate of drug-likeness (QED) is 0.370. The molecule has 0 rings (SSSR count). The zero-order valence-corrected chi connectivity index (χ0v) is 6.91. The summed E-state index contributed by atoms with van der Waals surface area (Å²) in [7, 11) is -0.831. The smallest absolute Gasteiger partial charge is 0.207 e. The Balaban J connectivity index is 3.02. The second kappa shape index (κ2) is 1.24. The summed E-state index contributed by atoms with van der Waals surface area (Å²) in [4.78, 5) is 10.3. The number of rotatable bonds is 0. The standard InChI is InChI=1S/C2H9OSi2/c1-5(2,3)4/h1-2,4H3. The zero-order chi connectivity index (χ0) is 4.50. The fraction of sp³-hybridized carbons (Fsp3) is 1.00. The summed E-state index contributed by atoms with van der Waals surface area (Å²) in [5, 5.41) is 0.